The maximum absolute atomic E-state index is 10.7. The third-order valence-corrected chi connectivity index (χ3v) is 2.47. The lowest BCUT2D eigenvalue weighted by molar-refractivity contribution is 0.354. The largest absolute Gasteiger partial charge is 0.290 e. The first kappa shape index (κ1) is 7.89. The second-order valence-electron chi connectivity index (χ2n) is 2.01. The average molecular weight is 220 g/mol. The lowest BCUT2D eigenvalue weighted by atomic mass is 10.2. The van der Waals surface area contributed by atoms with Gasteiger partial charge in [-0.2, -0.15) is 0 Å². The van der Waals surface area contributed by atoms with Gasteiger partial charge in [-0.25, -0.2) is 0 Å². The van der Waals surface area contributed by atoms with Gasteiger partial charge in [-0.1, -0.05) is 27.5 Å². The highest BCUT2D eigenvalue weighted by Gasteiger charge is 2.02. The van der Waals surface area contributed by atoms with Crippen LogP contribution in [0.1, 0.15) is 5.56 Å². The summed E-state index contributed by atoms with van der Waals surface area (Å²) in [4.78, 5) is 0. The Labute approximate surface area is 72.8 Å². The van der Waals surface area contributed by atoms with Crippen LogP contribution >= 0.6 is 27.5 Å². The molecule has 0 aliphatic carbocycles. The van der Waals surface area contributed by atoms with Gasteiger partial charge in [-0.15, -0.1) is 0 Å². The van der Waals surface area contributed by atoms with E-state index in [0.29, 0.717) is 5.02 Å². The third-order valence-electron chi connectivity index (χ3n) is 1.25. The summed E-state index contributed by atoms with van der Waals surface area (Å²) in [6.45, 7) is 1.85. The Hall–Kier alpha value is -0.210. The summed E-state index contributed by atoms with van der Waals surface area (Å²) in [6, 6.07) is 2.91. The molecule has 0 fully saturated rings. The van der Waals surface area contributed by atoms with E-state index in [2.05, 4.69) is 15.9 Å². The Bertz CT molecular complexity index is 237. The predicted molar refractivity (Wildman–Crippen MR) is 44.0 cm³/mol. The molecule has 0 aliphatic heterocycles. The molecular formula is C7H5BrClO. The summed E-state index contributed by atoms with van der Waals surface area (Å²) in [5.41, 5.74) is 0.904. The smallest absolute Gasteiger partial charge is 0.181 e. The van der Waals surface area contributed by atoms with Gasteiger partial charge in [0.25, 0.3) is 0 Å². The summed E-state index contributed by atoms with van der Waals surface area (Å²) in [5.74, 6) is -0.0672. The minimum Gasteiger partial charge on any atom is -0.290 e. The summed E-state index contributed by atoms with van der Waals surface area (Å²) in [5, 5.41) is 11.3. The summed E-state index contributed by atoms with van der Waals surface area (Å²) in [6.07, 6.45) is 0. The maximum Gasteiger partial charge on any atom is 0.181 e. The standard InChI is InChI=1S/C7H5BrClO/c1-4-6(8)2-5(10)3-7(4)9/h2-3H,1H3. The molecule has 0 unspecified atom stereocenters. The molecule has 1 aromatic rings. The Morgan fingerprint density at radius 2 is 2.10 bits per heavy atom. The van der Waals surface area contributed by atoms with E-state index in [9.17, 15) is 5.11 Å². The molecule has 1 rings (SSSR count). The van der Waals surface area contributed by atoms with Gasteiger partial charge in [0.05, 0.1) is 0 Å². The van der Waals surface area contributed by atoms with Crippen molar-refractivity contribution in [1.82, 2.24) is 0 Å². The molecule has 0 saturated heterocycles. The van der Waals surface area contributed by atoms with Gasteiger partial charge in [0, 0.05) is 21.6 Å². The fourth-order valence-electron chi connectivity index (χ4n) is 0.622. The van der Waals surface area contributed by atoms with Crippen molar-refractivity contribution in [2.45, 2.75) is 6.92 Å². The van der Waals surface area contributed by atoms with Crippen LogP contribution < -0.4 is 0 Å². The monoisotopic (exact) mass is 219 g/mol. The predicted octanol–water partition coefficient (Wildman–Crippen LogP) is 3.55. The van der Waals surface area contributed by atoms with E-state index in [0.717, 1.165) is 10.0 Å². The van der Waals surface area contributed by atoms with Crippen LogP contribution in [0, 0.1) is 6.92 Å². The van der Waals surface area contributed by atoms with E-state index in [1.54, 1.807) is 0 Å². The number of rotatable bonds is 0. The van der Waals surface area contributed by atoms with Crippen molar-refractivity contribution in [3.05, 3.63) is 27.2 Å². The Morgan fingerprint density at radius 1 is 1.50 bits per heavy atom. The summed E-state index contributed by atoms with van der Waals surface area (Å²) in [7, 11) is 0. The minimum absolute atomic E-state index is 0.0672. The van der Waals surface area contributed by atoms with Gasteiger partial charge >= 0.3 is 0 Å². The van der Waals surface area contributed by atoms with E-state index in [-0.39, 0.29) is 5.75 Å². The first-order valence-electron chi connectivity index (χ1n) is 2.74. The minimum atomic E-state index is -0.0672. The number of hydrogen-bond acceptors (Lipinski definition) is 0. The van der Waals surface area contributed by atoms with Crippen LogP contribution in [-0.4, -0.2) is 0 Å². The number of halogens is 2. The van der Waals surface area contributed by atoms with E-state index < -0.39 is 0 Å². The van der Waals surface area contributed by atoms with Crippen molar-refractivity contribution in [1.29, 1.82) is 0 Å². The molecule has 0 spiro atoms. The molecule has 0 aromatic heterocycles. The molecule has 3 heteroatoms. The van der Waals surface area contributed by atoms with E-state index in [4.69, 9.17) is 11.6 Å². The zero-order chi connectivity index (χ0) is 7.72. The van der Waals surface area contributed by atoms with Gasteiger partial charge < -0.3 is 0 Å². The first-order chi connectivity index (χ1) is 4.61. The van der Waals surface area contributed by atoms with Crippen molar-refractivity contribution in [3.8, 4) is 5.75 Å². The van der Waals surface area contributed by atoms with E-state index in [1.165, 1.54) is 12.1 Å². The lowest BCUT2D eigenvalue weighted by Crippen LogP contribution is -1.75. The molecule has 0 aliphatic rings. The quantitative estimate of drug-likeness (QED) is 0.637. The second kappa shape index (κ2) is 2.81. The molecule has 1 nitrogen and oxygen atoms in total. The Morgan fingerprint density at radius 3 is 2.60 bits per heavy atom. The zero-order valence-electron chi connectivity index (χ0n) is 5.32. The highest BCUT2D eigenvalue weighted by Crippen LogP contribution is 2.28. The molecule has 0 N–H and O–H groups in total. The fourth-order valence-corrected chi connectivity index (χ4v) is 1.38. The zero-order valence-corrected chi connectivity index (χ0v) is 7.66. The van der Waals surface area contributed by atoms with Crippen LogP contribution in [0.2, 0.25) is 5.02 Å². The SMILES string of the molecule is Cc1c(Cl)cc([O])cc1Br. The van der Waals surface area contributed by atoms with Gasteiger partial charge in [-0.05, 0) is 12.5 Å². The summed E-state index contributed by atoms with van der Waals surface area (Å²) < 4.78 is 0.769. The summed E-state index contributed by atoms with van der Waals surface area (Å²) >= 11 is 8.90. The lowest BCUT2D eigenvalue weighted by Gasteiger charge is -1.98. The fraction of sp³-hybridized carbons (Fsp3) is 0.143. The van der Waals surface area contributed by atoms with E-state index >= 15 is 0 Å². The third kappa shape index (κ3) is 1.44. The highest BCUT2D eigenvalue weighted by atomic mass is 79.9. The average Bonchev–Trinajstić information content (AvgIpc) is 1.82. The van der Waals surface area contributed by atoms with Crippen LogP contribution in [0.25, 0.3) is 0 Å². The van der Waals surface area contributed by atoms with Crippen molar-refractivity contribution in [3.63, 3.8) is 0 Å². The van der Waals surface area contributed by atoms with Crippen LogP contribution in [0.4, 0.5) is 0 Å². The van der Waals surface area contributed by atoms with Crippen LogP contribution in [-0.2, 0) is 5.11 Å². The van der Waals surface area contributed by atoms with Crippen molar-refractivity contribution >= 4 is 27.5 Å². The van der Waals surface area contributed by atoms with Crippen molar-refractivity contribution in [2.75, 3.05) is 0 Å². The van der Waals surface area contributed by atoms with Gasteiger partial charge in [-0.3, -0.25) is 5.11 Å². The van der Waals surface area contributed by atoms with Crippen molar-refractivity contribution < 1.29 is 5.11 Å². The Kier molecular flexibility index (Phi) is 2.21. The second-order valence-corrected chi connectivity index (χ2v) is 3.27. The van der Waals surface area contributed by atoms with Crippen molar-refractivity contribution in [2.24, 2.45) is 0 Å². The molecule has 53 valence electrons. The van der Waals surface area contributed by atoms with Crippen LogP contribution in [0.3, 0.4) is 0 Å². The molecule has 0 atom stereocenters. The van der Waals surface area contributed by atoms with Gasteiger partial charge in [0.2, 0.25) is 0 Å². The molecule has 0 saturated carbocycles. The Balaban J connectivity index is 3.31. The first-order valence-corrected chi connectivity index (χ1v) is 3.91. The van der Waals surface area contributed by atoms with Gasteiger partial charge in [0.15, 0.2) is 5.75 Å². The molecule has 0 heterocycles. The maximum atomic E-state index is 10.7. The molecular weight excluding hydrogens is 215 g/mol. The molecule has 1 aromatic carbocycles. The normalized spacial score (nSPS) is 9.90. The molecule has 1 radical (unpaired) electrons. The number of hydrogen-bond donors (Lipinski definition) is 0. The van der Waals surface area contributed by atoms with E-state index in [1.807, 2.05) is 6.92 Å². The molecule has 0 amide bonds. The number of benzene rings is 1. The highest BCUT2D eigenvalue weighted by molar-refractivity contribution is 9.10. The molecule has 10 heavy (non-hydrogen) atoms. The topological polar surface area (TPSA) is 19.9 Å². The molecule has 0 bridgehead atoms. The van der Waals surface area contributed by atoms with Crippen LogP contribution in [0.15, 0.2) is 16.6 Å². The van der Waals surface area contributed by atoms with Crippen LogP contribution in [0.5, 0.6) is 5.75 Å². The van der Waals surface area contributed by atoms with Gasteiger partial charge in [0.1, 0.15) is 0 Å².